The summed E-state index contributed by atoms with van der Waals surface area (Å²) >= 11 is 0. The molecule has 1 aromatic heterocycles. The summed E-state index contributed by atoms with van der Waals surface area (Å²) in [5.41, 5.74) is 2.17. The quantitative estimate of drug-likeness (QED) is 0.357. The van der Waals surface area contributed by atoms with E-state index in [0.29, 0.717) is 5.82 Å². The van der Waals surface area contributed by atoms with Crippen molar-refractivity contribution in [1.82, 2.24) is 10.1 Å². The molecular formula is C19H17N3O5. The van der Waals surface area contributed by atoms with Gasteiger partial charge in [0.1, 0.15) is 0 Å². The highest BCUT2D eigenvalue weighted by Gasteiger charge is 2.17. The van der Waals surface area contributed by atoms with E-state index in [9.17, 15) is 14.9 Å². The van der Waals surface area contributed by atoms with E-state index in [1.165, 1.54) is 17.7 Å². The van der Waals surface area contributed by atoms with Gasteiger partial charge in [-0.1, -0.05) is 54.5 Å². The Balaban J connectivity index is 1.60. The Morgan fingerprint density at radius 3 is 2.63 bits per heavy atom. The molecule has 0 saturated heterocycles. The van der Waals surface area contributed by atoms with Gasteiger partial charge in [0.15, 0.2) is 6.61 Å². The van der Waals surface area contributed by atoms with E-state index in [1.54, 1.807) is 12.1 Å². The third-order valence-corrected chi connectivity index (χ3v) is 3.97. The molecule has 0 aliphatic carbocycles. The van der Waals surface area contributed by atoms with Crippen molar-refractivity contribution in [1.29, 1.82) is 0 Å². The Hall–Kier alpha value is -3.55. The molecule has 0 unspecified atom stereocenters. The van der Waals surface area contributed by atoms with Crippen LogP contribution in [-0.4, -0.2) is 21.0 Å². The van der Waals surface area contributed by atoms with Gasteiger partial charge in [-0.15, -0.1) is 0 Å². The number of carbonyl (C=O) groups excluding carboxylic acids is 1. The molecule has 3 rings (SSSR count). The van der Waals surface area contributed by atoms with Gasteiger partial charge < -0.3 is 9.26 Å². The highest BCUT2D eigenvalue weighted by molar-refractivity contribution is 5.74. The zero-order valence-electron chi connectivity index (χ0n) is 14.6. The Morgan fingerprint density at radius 1 is 1.19 bits per heavy atom. The van der Waals surface area contributed by atoms with Crippen molar-refractivity contribution in [3.63, 3.8) is 0 Å². The minimum atomic E-state index is -0.614. The lowest BCUT2D eigenvalue weighted by Crippen LogP contribution is -2.09. The van der Waals surface area contributed by atoms with E-state index >= 15 is 0 Å². The van der Waals surface area contributed by atoms with Crippen LogP contribution >= 0.6 is 0 Å². The number of nitrogens with zero attached hydrogens (tertiary/aromatic N) is 3. The molecule has 0 amide bonds. The van der Waals surface area contributed by atoms with Gasteiger partial charge in [0, 0.05) is 17.2 Å². The maximum atomic E-state index is 12.0. The molecule has 0 radical (unpaired) electrons. The number of aromatic nitrogens is 2. The highest BCUT2D eigenvalue weighted by Crippen LogP contribution is 2.19. The van der Waals surface area contributed by atoms with Crippen molar-refractivity contribution in [2.75, 3.05) is 0 Å². The smallest absolute Gasteiger partial charge is 0.311 e. The fourth-order valence-corrected chi connectivity index (χ4v) is 2.51. The van der Waals surface area contributed by atoms with Crippen LogP contribution in [0.15, 0.2) is 53.1 Å². The monoisotopic (exact) mass is 367 g/mol. The van der Waals surface area contributed by atoms with Crippen molar-refractivity contribution in [2.24, 2.45) is 0 Å². The third kappa shape index (κ3) is 4.55. The van der Waals surface area contributed by atoms with E-state index in [4.69, 9.17) is 9.26 Å². The number of nitro groups is 1. The number of esters is 1. The van der Waals surface area contributed by atoms with E-state index in [2.05, 4.69) is 17.1 Å². The molecule has 8 heteroatoms. The maximum absolute atomic E-state index is 12.0. The lowest BCUT2D eigenvalue weighted by Gasteiger charge is -2.03. The first kappa shape index (κ1) is 18.2. The number of aryl methyl sites for hydroxylation is 1. The van der Waals surface area contributed by atoms with Gasteiger partial charge in [0.2, 0.25) is 5.82 Å². The Bertz CT molecular complexity index is 950. The lowest BCUT2D eigenvalue weighted by atomic mass is 10.1. The number of hydrogen-bond donors (Lipinski definition) is 0. The van der Waals surface area contributed by atoms with Crippen LogP contribution < -0.4 is 0 Å². The Kier molecular flexibility index (Phi) is 5.55. The molecule has 0 aliphatic heterocycles. The Morgan fingerprint density at radius 2 is 1.93 bits per heavy atom. The third-order valence-electron chi connectivity index (χ3n) is 3.97. The molecular weight excluding hydrogens is 350 g/mol. The van der Waals surface area contributed by atoms with Crippen LogP contribution in [0, 0.1) is 10.1 Å². The molecule has 0 atom stereocenters. The predicted molar refractivity (Wildman–Crippen MR) is 95.7 cm³/mol. The Labute approximate surface area is 154 Å². The summed E-state index contributed by atoms with van der Waals surface area (Å²) in [6.07, 6.45) is 0.726. The van der Waals surface area contributed by atoms with Crippen LogP contribution in [0.25, 0.3) is 11.4 Å². The van der Waals surface area contributed by atoms with Crippen molar-refractivity contribution < 1.29 is 19.0 Å². The van der Waals surface area contributed by atoms with E-state index in [1.807, 2.05) is 24.3 Å². The molecule has 27 heavy (non-hydrogen) atoms. The number of nitro benzene ring substituents is 1. The van der Waals surface area contributed by atoms with Crippen molar-refractivity contribution in [2.45, 2.75) is 26.4 Å². The normalized spacial score (nSPS) is 10.6. The molecule has 0 aliphatic rings. The second-order valence-electron chi connectivity index (χ2n) is 5.79. The first-order valence-corrected chi connectivity index (χ1v) is 8.36. The molecule has 0 spiro atoms. The molecule has 3 aromatic rings. The van der Waals surface area contributed by atoms with Crippen LogP contribution in [0.2, 0.25) is 0 Å². The van der Waals surface area contributed by atoms with E-state index < -0.39 is 10.9 Å². The summed E-state index contributed by atoms with van der Waals surface area (Å²) in [7, 11) is 0. The van der Waals surface area contributed by atoms with Gasteiger partial charge in [-0.3, -0.25) is 14.9 Å². The zero-order valence-corrected chi connectivity index (χ0v) is 14.6. The summed E-state index contributed by atoms with van der Waals surface area (Å²) in [6, 6.07) is 13.8. The fourth-order valence-electron chi connectivity index (χ4n) is 2.51. The summed E-state index contributed by atoms with van der Waals surface area (Å²) in [4.78, 5) is 26.6. The molecule has 2 aromatic carbocycles. The average Bonchev–Trinajstić information content (AvgIpc) is 3.16. The van der Waals surface area contributed by atoms with Crippen LogP contribution in [0.3, 0.4) is 0 Å². The van der Waals surface area contributed by atoms with Gasteiger partial charge in [0.05, 0.1) is 11.3 Å². The van der Waals surface area contributed by atoms with E-state index in [0.717, 1.165) is 12.0 Å². The molecule has 0 N–H and O–H groups in total. The number of rotatable bonds is 7. The fraction of sp³-hybridized carbons (Fsp3) is 0.211. The lowest BCUT2D eigenvalue weighted by molar-refractivity contribution is -0.385. The second-order valence-corrected chi connectivity index (χ2v) is 5.79. The summed E-state index contributed by atoms with van der Waals surface area (Å²) in [5, 5.41) is 14.9. The van der Waals surface area contributed by atoms with Gasteiger partial charge in [-0.05, 0) is 12.0 Å². The minimum Gasteiger partial charge on any atom is -0.455 e. The zero-order chi connectivity index (χ0) is 19.2. The number of ether oxygens (including phenoxy) is 1. The first-order valence-electron chi connectivity index (χ1n) is 8.36. The minimum absolute atomic E-state index is 0.120. The second kappa shape index (κ2) is 8.22. The van der Waals surface area contributed by atoms with E-state index in [-0.39, 0.29) is 30.2 Å². The van der Waals surface area contributed by atoms with Crippen molar-refractivity contribution >= 4 is 11.7 Å². The number of para-hydroxylation sites is 1. The van der Waals surface area contributed by atoms with Crippen molar-refractivity contribution in [3.8, 4) is 11.4 Å². The summed E-state index contributed by atoms with van der Waals surface area (Å²) < 4.78 is 10.2. The van der Waals surface area contributed by atoms with Crippen LogP contribution in [-0.2, 0) is 29.0 Å². The topological polar surface area (TPSA) is 108 Å². The largest absolute Gasteiger partial charge is 0.455 e. The summed E-state index contributed by atoms with van der Waals surface area (Å²) in [6.45, 7) is 1.87. The number of hydrogen-bond acceptors (Lipinski definition) is 7. The highest BCUT2D eigenvalue weighted by atomic mass is 16.6. The number of benzene rings is 2. The molecule has 0 fully saturated rings. The average molecular weight is 367 g/mol. The molecule has 138 valence electrons. The molecule has 0 saturated carbocycles. The SMILES string of the molecule is CCc1ccc(-c2noc(COC(=O)Cc3ccccc3[N+](=O)[O-])n2)cc1. The molecule has 0 bridgehead atoms. The van der Waals surface area contributed by atoms with Crippen LogP contribution in [0.1, 0.15) is 23.9 Å². The maximum Gasteiger partial charge on any atom is 0.311 e. The standard InChI is InChI=1S/C19H17N3O5/c1-2-13-7-9-14(10-8-13)19-20-17(27-21-19)12-26-18(23)11-15-5-3-4-6-16(15)22(24)25/h3-10H,2,11-12H2,1H3. The summed E-state index contributed by atoms with van der Waals surface area (Å²) in [5.74, 6) is -0.0563. The van der Waals surface area contributed by atoms with Gasteiger partial charge >= 0.3 is 5.97 Å². The van der Waals surface area contributed by atoms with Gasteiger partial charge in [-0.25, -0.2) is 0 Å². The van der Waals surface area contributed by atoms with Gasteiger partial charge in [-0.2, -0.15) is 4.98 Å². The predicted octanol–water partition coefficient (Wildman–Crippen LogP) is 3.49. The van der Waals surface area contributed by atoms with Crippen molar-refractivity contribution in [3.05, 3.63) is 75.7 Å². The molecule has 8 nitrogen and oxygen atoms in total. The van der Waals surface area contributed by atoms with Crippen LogP contribution in [0.5, 0.6) is 0 Å². The first-order chi connectivity index (χ1) is 13.1. The van der Waals surface area contributed by atoms with Crippen LogP contribution in [0.4, 0.5) is 5.69 Å². The number of carbonyl (C=O) groups is 1. The molecule has 1 heterocycles. The van der Waals surface area contributed by atoms with Gasteiger partial charge in [0.25, 0.3) is 11.6 Å².